The highest BCUT2D eigenvalue weighted by molar-refractivity contribution is 9.10. The van der Waals surface area contributed by atoms with Crippen molar-refractivity contribution in [1.82, 2.24) is 9.97 Å². The molecule has 0 aliphatic heterocycles. The van der Waals surface area contributed by atoms with Crippen molar-refractivity contribution < 1.29 is 4.74 Å². The van der Waals surface area contributed by atoms with E-state index in [-0.39, 0.29) is 5.82 Å². The van der Waals surface area contributed by atoms with Gasteiger partial charge in [-0.2, -0.15) is 0 Å². The number of anilines is 1. The van der Waals surface area contributed by atoms with Crippen molar-refractivity contribution in [2.24, 2.45) is 0 Å². The number of benzene rings is 2. The van der Waals surface area contributed by atoms with Gasteiger partial charge in [0, 0.05) is 16.9 Å². The van der Waals surface area contributed by atoms with Crippen LogP contribution in [-0.2, 0) is 0 Å². The van der Waals surface area contributed by atoms with Crippen LogP contribution in [0.25, 0.3) is 10.8 Å². The number of nitrogens with zero attached hydrogens (tertiary/aromatic N) is 2. The van der Waals surface area contributed by atoms with Crippen LogP contribution in [0, 0.1) is 0 Å². The van der Waals surface area contributed by atoms with E-state index in [1.807, 2.05) is 30.3 Å². The molecule has 0 spiro atoms. The van der Waals surface area contributed by atoms with Gasteiger partial charge < -0.3 is 10.5 Å². The minimum absolute atomic E-state index is 0.276. The van der Waals surface area contributed by atoms with Gasteiger partial charge in [-0.15, -0.1) is 0 Å². The van der Waals surface area contributed by atoms with Gasteiger partial charge in [-0.05, 0) is 35.0 Å². The Morgan fingerprint density at radius 3 is 2.53 bits per heavy atom. The second-order valence-corrected chi connectivity index (χ2v) is 4.92. The van der Waals surface area contributed by atoms with E-state index in [4.69, 9.17) is 10.5 Å². The van der Waals surface area contributed by atoms with Crippen LogP contribution >= 0.6 is 15.9 Å². The molecule has 0 saturated carbocycles. The second kappa shape index (κ2) is 4.85. The third-order valence-corrected chi connectivity index (χ3v) is 3.17. The van der Waals surface area contributed by atoms with Crippen molar-refractivity contribution in [3.63, 3.8) is 0 Å². The van der Waals surface area contributed by atoms with Gasteiger partial charge in [-0.1, -0.05) is 28.1 Å². The molecule has 0 unspecified atom stereocenters. The zero-order chi connectivity index (χ0) is 13.2. The molecule has 0 aliphatic rings. The molecule has 3 aromatic rings. The molecule has 5 heteroatoms. The molecule has 0 aliphatic carbocycles. The normalized spacial score (nSPS) is 10.6. The summed E-state index contributed by atoms with van der Waals surface area (Å²) in [6.07, 6.45) is 3.07. The van der Waals surface area contributed by atoms with Gasteiger partial charge in [0.1, 0.15) is 5.75 Å². The molecule has 0 saturated heterocycles. The van der Waals surface area contributed by atoms with E-state index in [9.17, 15) is 0 Å². The van der Waals surface area contributed by atoms with Crippen LogP contribution in [0.5, 0.6) is 11.6 Å². The van der Waals surface area contributed by atoms with Crippen LogP contribution in [-0.4, -0.2) is 9.97 Å². The number of ether oxygens (including phenoxy) is 1. The highest BCUT2D eigenvalue weighted by Gasteiger charge is 2.05. The zero-order valence-corrected chi connectivity index (χ0v) is 11.5. The lowest BCUT2D eigenvalue weighted by Gasteiger charge is -2.07. The van der Waals surface area contributed by atoms with E-state index >= 15 is 0 Å². The van der Waals surface area contributed by atoms with Crippen molar-refractivity contribution in [3.8, 4) is 11.6 Å². The van der Waals surface area contributed by atoms with Crippen LogP contribution < -0.4 is 10.5 Å². The van der Waals surface area contributed by atoms with Crippen molar-refractivity contribution >= 4 is 32.5 Å². The lowest BCUT2D eigenvalue weighted by atomic mass is 10.1. The molecule has 0 bridgehead atoms. The van der Waals surface area contributed by atoms with Crippen molar-refractivity contribution in [2.45, 2.75) is 0 Å². The second-order valence-electron chi connectivity index (χ2n) is 4.00. The lowest BCUT2D eigenvalue weighted by Crippen LogP contribution is -1.96. The summed E-state index contributed by atoms with van der Waals surface area (Å²) in [4.78, 5) is 7.98. The molecule has 2 aromatic carbocycles. The molecule has 19 heavy (non-hydrogen) atoms. The number of rotatable bonds is 2. The molecule has 0 atom stereocenters. The summed E-state index contributed by atoms with van der Waals surface area (Å²) in [7, 11) is 0. The average Bonchev–Trinajstić information content (AvgIpc) is 2.41. The molecular formula is C14H10BrN3O. The predicted octanol–water partition coefficient (Wildman–Crippen LogP) is 3.77. The van der Waals surface area contributed by atoms with E-state index < -0.39 is 0 Å². The van der Waals surface area contributed by atoms with Crippen LogP contribution in [0.3, 0.4) is 0 Å². The van der Waals surface area contributed by atoms with Gasteiger partial charge >= 0.3 is 0 Å². The molecule has 94 valence electrons. The van der Waals surface area contributed by atoms with E-state index in [2.05, 4.69) is 32.0 Å². The van der Waals surface area contributed by atoms with Crippen LogP contribution in [0.2, 0.25) is 0 Å². The molecular weight excluding hydrogens is 306 g/mol. The molecule has 0 fully saturated rings. The minimum atomic E-state index is 0.276. The third kappa shape index (κ3) is 2.51. The third-order valence-electron chi connectivity index (χ3n) is 2.68. The number of nitrogen functional groups attached to an aromatic ring is 1. The molecule has 3 rings (SSSR count). The van der Waals surface area contributed by atoms with Crippen LogP contribution in [0.4, 0.5) is 5.82 Å². The largest absolute Gasteiger partial charge is 0.436 e. The summed E-state index contributed by atoms with van der Waals surface area (Å²) < 4.78 is 6.69. The van der Waals surface area contributed by atoms with E-state index in [1.165, 1.54) is 6.20 Å². The topological polar surface area (TPSA) is 61.0 Å². The maximum atomic E-state index is 5.70. The maximum Gasteiger partial charge on any atom is 0.262 e. The Labute approximate surface area is 118 Å². The molecule has 1 heterocycles. The SMILES string of the molecule is Nc1nccnc1Oc1ccc2cc(Br)ccc2c1. The number of fused-ring (bicyclic) bond motifs is 1. The molecule has 0 amide bonds. The van der Waals surface area contributed by atoms with E-state index in [1.54, 1.807) is 6.20 Å². The summed E-state index contributed by atoms with van der Waals surface area (Å²) >= 11 is 3.45. The van der Waals surface area contributed by atoms with Crippen molar-refractivity contribution in [2.75, 3.05) is 5.73 Å². The summed E-state index contributed by atoms with van der Waals surface area (Å²) in [6.45, 7) is 0. The van der Waals surface area contributed by atoms with Crippen molar-refractivity contribution in [1.29, 1.82) is 0 Å². The summed E-state index contributed by atoms with van der Waals surface area (Å²) in [5.74, 6) is 1.28. The van der Waals surface area contributed by atoms with Crippen molar-refractivity contribution in [3.05, 3.63) is 53.3 Å². The first-order chi connectivity index (χ1) is 9.22. The fourth-order valence-corrected chi connectivity index (χ4v) is 2.16. The predicted molar refractivity (Wildman–Crippen MR) is 78.2 cm³/mol. The Balaban J connectivity index is 1.98. The Kier molecular flexibility index (Phi) is 3.05. The van der Waals surface area contributed by atoms with E-state index in [0.717, 1.165) is 15.2 Å². The molecule has 1 aromatic heterocycles. The minimum Gasteiger partial charge on any atom is -0.436 e. The van der Waals surface area contributed by atoms with Gasteiger partial charge in [0.2, 0.25) is 0 Å². The van der Waals surface area contributed by atoms with Gasteiger partial charge in [0.05, 0.1) is 0 Å². The highest BCUT2D eigenvalue weighted by atomic mass is 79.9. The van der Waals surface area contributed by atoms with Gasteiger partial charge in [0.25, 0.3) is 5.88 Å². The number of hydrogen-bond donors (Lipinski definition) is 1. The molecule has 2 N–H and O–H groups in total. The summed E-state index contributed by atoms with van der Waals surface area (Å²) in [5.41, 5.74) is 5.70. The average molecular weight is 316 g/mol. The Hall–Kier alpha value is -2.14. The molecule has 4 nitrogen and oxygen atoms in total. The van der Waals surface area contributed by atoms with Crippen LogP contribution in [0.15, 0.2) is 53.3 Å². The lowest BCUT2D eigenvalue weighted by molar-refractivity contribution is 0.464. The number of nitrogens with two attached hydrogens (primary N) is 1. The Bertz CT molecular complexity index is 746. The highest BCUT2D eigenvalue weighted by Crippen LogP contribution is 2.28. The smallest absolute Gasteiger partial charge is 0.262 e. The Morgan fingerprint density at radius 1 is 0.947 bits per heavy atom. The van der Waals surface area contributed by atoms with E-state index in [0.29, 0.717) is 11.6 Å². The number of halogens is 1. The summed E-state index contributed by atoms with van der Waals surface area (Å²) in [6, 6.07) is 11.9. The molecule has 0 radical (unpaired) electrons. The zero-order valence-electron chi connectivity index (χ0n) is 9.88. The number of aromatic nitrogens is 2. The standard InChI is InChI=1S/C14H10BrN3O/c15-11-3-1-10-8-12(4-2-9(10)7-11)19-14-13(16)17-5-6-18-14/h1-8H,(H2,16,17). The Morgan fingerprint density at radius 2 is 1.68 bits per heavy atom. The fraction of sp³-hybridized carbons (Fsp3) is 0. The first-order valence-electron chi connectivity index (χ1n) is 5.66. The quantitative estimate of drug-likeness (QED) is 0.782. The van der Waals surface area contributed by atoms with Crippen LogP contribution in [0.1, 0.15) is 0 Å². The summed E-state index contributed by atoms with van der Waals surface area (Å²) in [5, 5.41) is 2.22. The monoisotopic (exact) mass is 315 g/mol. The first-order valence-corrected chi connectivity index (χ1v) is 6.45. The maximum absolute atomic E-state index is 5.70. The van der Waals surface area contributed by atoms with Gasteiger partial charge in [-0.25, -0.2) is 9.97 Å². The number of hydrogen-bond acceptors (Lipinski definition) is 4. The van der Waals surface area contributed by atoms with Gasteiger partial charge in [-0.3, -0.25) is 0 Å². The first kappa shape index (κ1) is 11.9. The fourth-order valence-electron chi connectivity index (χ4n) is 1.78. The van der Waals surface area contributed by atoms with Gasteiger partial charge in [0.15, 0.2) is 5.82 Å².